The molecule has 0 saturated heterocycles. The maximum atomic E-state index is 9.36. The van der Waals surface area contributed by atoms with E-state index in [1.807, 2.05) is 0 Å². The fraction of sp³-hybridized carbons (Fsp3) is 0.500. The molecule has 0 aliphatic heterocycles. The first kappa shape index (κ1) is 12.8. The zero-order valence-electron chi connectivity index (χ0n) is 9.48. The lowest BCUT2D eigenvalue weighted by atomic mass is 9.99. The van der Waals surface area contributed by atoms with Crippen molar-refractivity contribution in [1.29, 1.82) is 0 Å². The quantitative estimate of drug-likeness (QED) is 0.433. The summed E-state index contributed by atoms with van der Waals surface area (Å²) < 4.78 is 0. The first-order chi connectivity index (χ1) is 7.69. The van der Waals surface area contributed by atoms with Gasteiger partial charge < -0.3 is 20.6 Å². The van der Waals surface area contributed by atoms with Crippen molar-refractivity contribution in [1.82, 2.24) is 5.32 Å². The molecule has 1 aromatic rings. The van der Waals surface area contributed by atoms with Crippen molar-refractivity contribution in [2.24, 2.45) is 0 Å². The SMILES string of the molecule is CCCNCC(CO)c1ccc(O)c(O)c1. The van der Waals surface area contributed by atoms with E-state index in [0.717, 1.165) is 18.5 Å². The highest BCUT2D eigenvalue weighted by Gasteiger charge is 2.11. The average molecular weight is 225 g/mol. The highest BCUT2D eigenvalue weighted by atomic mass is 16.3. The fourth-order valence-electron chi connectivity index (χ4n) is 1.54. The van der Waals surface area contributed by atoms with Gasteiger partial charge in [-0.1, -0.05) is 13.0 Å². The molecule has 0 radical (unpaired) electrons. The average Bonchev–Trinajstić information content (AvgIpc) is 2.29. The van der Waals surface area contributed by atoms with Gasteiger partial charge in [0.05, 0.1) is 6.61 Å². The van der Waals surface area contributed by atoms with Gasteiger partial charge in [0.1, 0.15) is 0 Å². The molecule has 0 heterocycles. The van der Waals surface area contributed by atoms with Gasteiger partial charge in [0, 0.05) is 12.5 Å². The van der Waals surface area contributed by atoms with Gasteiger partial charge in [0.15, 0.2) is 11.5 Å². The van der Waals surface area contributed by atoms with E-state index in [1.165, 1.54) is 12.1 Å². The van der Waals surface area contributed by atoms with Crippen LogP contribution in [0, 0.1) is 0 Å². The Bertz CT molecular complexity index is 328. The second-order valence-electron chi connectivity index (χ2n) is 3.83. The number of phenolic OH excluding ortho intramolecular Hbond substituents is 2. The summed E-state index contributed by atoms with van der Waals surface area (Å²) in [6, 6.07) is 4.64. The molecule has 1 atom stereocenters. The van der Waals surface area contributed by atoms with Gasteiger partial charge in [-0.05, 0) is 30.7 Å². The normalized spacial score (nSPS) is 12.6. The number of phenols is 2. The molecule has 0 saturated carbocycles. The van der Waals surface area contributed by atoms with Crippen molar-refractivity contribution in [3.8, 4) is 11.5 Å². The topological polar surface area (TPSA) is 72.7 Å². The highest BCUT2D eigenvalue weighted by molar-refractivity contribution is 5.41. The first-order valence-electron chi connectivity index (χ1n) is 5.52. The number of nitrogens with one attached hydrogen (secondary N) is 1. The molecule has 0 aromatic heterocycles. The summed E-state index contributed by atoms with van der Waals surface area (Å²) in [7, 11) is 0. The van der Waals surface area contributed by atoms with E-state index in [4.69, 9.17) is 0 Å². The van der Waals surface area contributed by atoms with Gasteiger partial charge in [-0.2, -0.15) is 0 Å². The zero-order chi connectivity index (χ0) is 12.0. The van der Waals surface area contributed by atoms with E-state index < -0.39 is 0 Å². The maximum absolute atomic E-state index is 9.36. The van der Waals surface area contributed by atoms with E-state index in [9.17, 15) is 15.3 Å². The predicted octanol–water partition coefficient (Wildman–Crippen LogP) is 1.17. The van der Waals surface area contributed by atoms with Crippen LogP contribution in [0.4, 0.5) is 0 Å². The molecular formula is C12H19NO3. The Kier molecular flexibility index (Phi) is 5.08. The van der Waals surface area contributed by atoms with E-state index in [0.29, 0.717) is 6.54 Å². The summed E-state index contributed by atoms with van der Waals surface area (Å²) in [6.07, 6.45) is 1.04. The summed E-state index contributed by atoms with van der Waals surface area (Å²) in [6.45, 7) is 3.66. The molecule has 1 rings (SSSR count). The Morgan fingerprint density at radius 3 is 2.56 bits per heavy atom. The van der Waals surface area contributed by atoms with Gasteiger partial charge in [0.2, 0.25) is 0 Å². The van der Waals surface area contributed by atoms with Crippen LogP contribution in [-0.4, -0.2) is 35.0 Å². The van der Waals surface area contributed by atoms with Crippen molar-refractivity contribution in [3.63, 3.8) is 0 Å². The molecule has 4 heteroatoms. The Hall–Kier alpha value is -1.26. The molecule has 0 fully saturated rings. The molecule has 90 valence electrons. The van der Waals surface area contributed by atoms with E-state index in [-0.39, 0.29) is 24.0 Å². The van der Waals surface area contributed by atoms with E-state index in [1.54, 1.807) is 6.07 Å². The largest absolute Gasteiger partial charge is 0.504 e. The van der Waals surface area contributed by atoms with Gasteiger partial charge in [-0.3, -0.25) is 0 Å². The molecule has 0 spiro atoms. The van der Waals surface area contributed by atoms with Crippen molar-refractivity contribution in [2.45, 2.75) is 19.3 Å². The fourth-order valence-corrected chi connectivity index (χ4v) is 1.54. The summed E-state index contributed by atoms with van der Waals surface area (Å²) in [5, 5.41) is 31.0. The van der Waals surface area contributed by atoms with Crippen LogP contribution in [0.15, 0.2) is 18.2 Å². The second kappa shape index (κ2) is 6.35. The molecule has 0 aliphatic carbocycles. The molecular weight excluding hydrogens is 206 g/mol. The smallest absolute Gasteiger partial charge is 0.157 e. The van der Waals surface area contributed by atoms with E-state index in [2.05, 4.69) is 12.2 Å². The third-order valence-electron chi connectivity index (χ3n) is 2.51. The number of benzene rings is 1. The zero-order valence-corrected chi connectivity index (χ0v) is 9.48. The molecule has 0 bridgehead atoms. The van der Waals surface area contributed by atoms with Crippen molar-refractivity contribution >= 4 is 0 Å². The van der Waals surface area contributed by atoms with Crippen LogP contribution >= 0.6 is 0 Å². The van der Waals surface area contributed by atoms with Crippen molar-refractivity contribution in [3.05, 3.63) is 23.8 Å². The number of aliphatic hydroxyl groups is 1. The summed E-state index contributed by atoms with van der Waals surface area (Å²) >= 11 is 0. The molecule has 1 unspecified atom stereocenters. The third kappa shape index (κ3) is 3.40. The number of rotatable bonds is 6. The molecule has 4 N–H and O–H groups in total. The molecule has 0 amide bonds. The van der Waals surface area contributed by atoms with Gasteiger partial charge in [0.25, 0.3) is 0 Å². The predicted molar refractivity (Wildman–Crippen MR) is 62.8 cm³/mol. The van der Waals surface area contributed by atoms with Crippen molar-refractivity contribution in [2.75, 3.05) is 19.7 Å². The Morgan fingerprint density at radius 2 is 2.00 bits per heavy atom. The Balaban J connectivity index is 2.67. The molecule has 4 nitrogen and oxygen atoms in total. The minimum absolute atomic E-state index is 0.0148. The third-order valence-corrected chi connectivity index (χ3v) is 2.51. The van der Waals surface area contributed by atoms with Crippen LogP contribution < -0.4 is 5.32 Å². The maximum Gasteiger partial charge on any atom is 0.157 e. The summed E-state index contributed by atoms with van der Waals surface area (Å²) in [5.74, 6) is -0.341. The minimum atomic E-state index is -0.147. The molecule has 0 aliphatic rings. The monoisotopic (exact) mass is 225 g/mol. The number of hydrogen-bond acceptors (Lipinski definition) is 4. The molecule has 1 aromatic carbocycles. The first-order valence-corrected chi connectivity index (χ1v) is 5.52. The lowest BCUT2D eigenvalue weighted by Gasteiger charge is -2.15. The Labute approximate surface area is 95.6 Å². The standard InChI is InChI=1S/C12H19NO3/c1-2-5-13-7-10(8-14)9-3-4-11(15)12(16)6-9/h3-4,6,10,13-16H,2,5,7-8H2,1H3. The van der Waals surface area contributed by atoms with Gasteiger partial charge in [-0.25, -0.2) is 0 Å². The molecule has 16 heavy (non-hydrogen) atoms. The highest BCUT2D eigenvalue weighted by Crippen LogP contribution is 2.28. The van der Waals surface area contributed by atoms with Crippen LogP contribution in [0.1, 0.15) is 24.8 Å². The van der Waals surface area contributed by atoms with Crippen LogP contribution in [0.2, 0.25) is 0 Å². The lowest BCUT2D eigenvalue weighted by Crippen LogP contribution is -2.24. The summed E-state index contributed by atoms with van der Waals surface area (Å²) in [5.41, 5.74) is 0.821. The summed E-state index contributed by atoms with van der Waals surface area (Å²) in [4.78, 5) is 0. The van der Waals surface area contributed by atoms with Crippen molar-refractivity contribution < 1.29 is 15.3 Å². The minimum Gasteiger partial charge on any atom is -0.504 e. The van der Waals surface area contributed by atoms with Crippen LogP contribution in [0.5, 0.6) is 11.5 Å². The number of hydrogen-bond donors (Lipinski definition) is 4. The van der Waals surface area contributed by atoms with Gasteiger partial charge >= 0.3 is 0 Å². The Morgan fingerprint density at radius 1 is 1.25 bits per heavy atom. The van der Waals surface area contributed by atoms with Crippen LogP contribution in [0.3, 0.4) is 0 Å². The van der Waals surface area contributed by atoms with Gasteiger partial charge in [-0.15, -0.1) is 0 Å². The lowest BCUT2D eigenvalue weighted by molar-refractivity contribution is 0.261. The number of aliphatic hydroxyl groups excluding tert-OH is 1. The number of aromatic hydroxyl groups is 2. The van der Waals surface area contributed by atoms with E-state index >= 15 is 0 Å². The van der Waals surface area contributed by atoms with Crippen LogP contribution in [0.25, 0.3) is 0 Å². The van der Waals surface area contributed by atoms with Crippen LogP contribution in [-0.2, 0) is 0 Å². The second-order valence-corrected chi connectivity index (χ2v) is 3.83.